The molecule has 1 unspecified atom stereocenters. The first kappa shape index (κ1) is 58.6. The molecule has 0 radical (unpaired) electrons. The third kappa shape index (κ3) is 11.8. The molecule has 0 aliphatic heterocycles. The van der Waals surface area contributed by atoms with Crippen molar-refractivity contribution in [2.45, 2.75) is 57.4 Å². The van der Waals surface area contributed by atoms with Gasteiger partial charge in [-0.1, -0.05) is 252 Å². The minimum absolute atomic E-state index is 0.311. The Morgan fingerprint density at radius 2 is 0.955 bits per heavy atom. The van der Waals surface area contributed by atoms with Crippen LogP contribution in [0.5, 0.6) is 0 Å². The van der Waals surface area contributed by atoms with Crippen LogP contribution in [0.25, 0.3) is 99.5 Å². The minimum Gasteiger partial charge on any atom is -0.317 e. The highest BCUT2D eigenvalue weighted by atomic mass is 127. The van der Waals surface area contributed by atoms with Gasteiger partial charge in [-0.15, -0.1) is 0 Å². The van der Waals surface area contributed by atoms with Gasteiger partial charge in [-0.05, 0) is 212 Å². The molecular formula is C83H68Br2IN3. The van der Waals surface area contributed by atoms with Crippen LogP contribution >= 0.6 is 54.5 Å². The summed E-state index contributed by atoms with van der Waals surface area (Å²) < 4.78 is 8.21. The fraction of sp³-hybridized carbons (Fsp3) is 0.133. The fourth-order valence-corrected chi connectivity index (χ4v) is 16.1. The number of nitrogens with zero attached hydrogens (tertiary/aromatic N) is 2. The molecular weight excluding hydrogens is 1330 g/mol. The van der Waals surface area contributed by atoms with E-state index in [9.17, 15) is 0 Å². The van der Waals surface area contributed by atoms with Crippen LogP contribution in [0.3, 0.4) is 0 Å². The Morgan fingerprint density at radius 1 is 0.404 bits per heavy atom. The molecule has 0 saturated heterocycles. The van der Waals surface area contributed by atoms with Crippen molar-refractivity contribution in [2.24, 2.45) is 5.92 Å². The van der Waals surface area contributed by atoms with Crippen molar-refractivity contribution in [1.29, 1.82) is 0 Å². The van der Waals surface area contributed by atoms with Gasteiger partial charge >= 0.3 is 0 Å². The van der Waals surface area contributed by atoms with E-state index in [4.69, 9.17) is 0 Å². The predicted octanol–water partition coefficient (Wildman–Crippen LogP) is 23.6. The quantitative estimate of drug-likeness (QED) is 0.158. The Bertz CT molecular complexity index is 4840. The van der Waals surface area contributed by atoms with Crippen molar-refractivity contribution in [2.75, 3.05) is 7.05 Å². The highest BCUT2D eigenvalue weighted by Gasteiger charge is 2.30. The maximum atomic E-state index is 3.67. The van der Waals surface area contributed by atoms with Gasteiger partial charge in [0.25, 0.3) is 0 Å². The Morgan fingerprint density at radius 3 is 1.69 bits per heavy atom. The van der Waals surface area contributed by atoms with Gasteiger partial charge in [0.2, 0.25) is 0 Å². The lowest BCUT2D eigenvalue weighted by molar-refractivity contribution is 0.267. The topological polar surface area (TPSA) is 21.9 Å². The van der Waals surface area contributed by atoms with Gasteiger partial charge in [0.05, 0.1) is 22.1 Å². The average Bonchev–Trinajstić information content (AvgIpc) is 1.64. The zero-order valence-corrected chi connectivity index (χ0v) is 55.4. The van der Waals surface area contributed by atoms with Gasteiger partial charge in [-0.25, -0.2) is 0 Å². The standard InChI is InChI=1S/C36H23BrN2.C32H22.C9H19N.C6H4BrI/c37-26-9-8-12-28(23-26)39-33-15-6-4-13-29(33)31-19-17-25(22-36(31)39)24-18-20-35-32(21-24)30-14-5-7-16-34(30)38(35)27-10-2-1-3-11-27;1-2-8-21(9-3-1)32-29-13-7-6-12-28(29)31-20-23(15-17-30(31)32)22-14-16-27-25(18-22)19-24-10-4-5-11-26(24)27;1-3-8-6-4-5-7-9(8)10-2;7-5-2-1-3-6(8)4-5/h1-23H;1-18,20,32H,19H2;8-10H,3-7H2,1-2H3;1-4H/t;;8-,9-;/m..1./s1. The Balaban J connectivity index is 0.000000123. The Hall–Kier alpha value is -8.11. The van der Waals surface area contributed by atoms with E-state index in [1.54, 1.807) is 0 Å². The van der Waals surface area contributed by atoms with Crippen LogP contribution in [0.15, 0.2) is 288 Å². The van der Waals surface area contributed by atoms with E-state index in [0.717, 1.165) is 33.0 Å². The molecule has 14 aromatic rings. The number of halogens is 3. The normalized spacial score (nSPS) is 15.2. The second-order valence-electron chi connectivity index (χ2n) is 23.7. The lowest BCUT2D eigenvalue weighted by atomic mass is 9.83. The Labute approximate surface area is 553 Å². The molecule has 89 heavy (non-hydrogen) atoms. The second-order valence-corrected chi connectivity index (χ2v) is 26.8. The van der Waals surface area contributed by atoms with E-state index in [2.05, 4.69) is 350 Å². The zero-order chi connectivity index (χ0) is 60.4. The van der Waals surface area contributed by atoms with Crippen molar-refractivity contribution in [3.63, 3.8) is 0 Å². The van der Waals surface area contributed by atoms with E-state index in [1.165, 1.54) is 157 Å². The third-order valence-electron chi connectivity index (χ3n) is 18.5. The number of benzene rings is 12. The summed E-state index contributed by atoms with van der Waals surface area (Å²) in [6, 6.07) is 102. The van der Waals surface area contributed by atoms with Crippen LogP contribution in [-0.2, 0) is 6.42 Å². The molecule has 2 aromatic heterocycles. The number of para-hydroxylation sites is 3. The molecule has 0 spiro atoms. The van der Waals surface area contributed by atoms with Crippen LogP contribution in [0.2, 0.25) is 0 Å². The summed E-state index contributed by atoms with van der Waals surface area (Å²) >= 11 is 9.31. The molecule has 0 amide bonds. The summed E-state index contributed by atoms with van der Waals surface area (Å²) in [6.45, 7) is 2.31. The van der Waals surface area contributed by atoms with Crippen molar-refractivity contribution < 1.29 is 0 Å². The first-order chi connectivity index (χ1) is 43.8. The van der Waals surface area contributed by atoms with Crippen molar-refractivity contribution in [3.05, 3.63) is 319 Å². The molecule has 12 aromatic carbocycles. The van der Waals surface area contributed by atoms with Crippen molar-refractivity contribution >= 4 is 98.1 Å². The number of hydrogen-bond donors (Lipinski definition) is 1. The third-order valence-corrected chi connectivity index (χ3v) is 20.2. The maximum absolute atomic E-state index is 3.67. The maximum Gasteiger partial charge on any atom is 0.0547 e. The predicted molar refractivity (Wildman–Crippen MR) is 393 cm³/mol. The molecule has 3 atom stereocenters. The van der Waals surface area contributed by atoms with Gasteiger partial charge in [0.15, 0.2) is 0 Å². The molecule has 436 valence electrons. The smallest absolute Gasteiger partial charge is 0.0547 e. The fourth-order valence-electron chi connectivity index (χ4n) is 14.3. The zero-order valence-electron chi connectivity index (χ0n) is 50.1. The van der Waals surface area contributed by atoms with E-state index in [-0.39, 0.29) is 0 Å². The average molecular weight is 1390 g/mol. The van der Waals surface area contributed by atoms with Crippen molar-refractivity contribution in [3.8, 4) is 55.9 Å². The highest BCUT2D eigenvalue weighted by molar-refractivity contribution is 14.1. The molecule has 1 fully saturated rings. The number of rotatable bonds is 7. The van der Waals surface area contributed by atoms with E-state index >= 15 is 0 Å². The van der Waals surface area contributed by atoms with Gasteiger partial charge in [0.1, 0.15) is 0 Å². The molecule has 1 saturated carbocycles. The van der Waals surface area contributed by atoms with Gasteiger partial charge in [0, 0.05) is 57.4 Å². The monoisotopic (exact) mass is 1390 g/mol. The summed E-state index contributed by atoms with van der Waals surface area (Å²) in [7, 11) is 2.10. The minimum atomic E-state index is 0.311. The molecule has 0 bridgehead atoms. The van der Waals surface area contributed by atoms with E-state index in [1.807, 2.05) is 12.1 Å². The van der Waals surface area contributed by atoms with E-state index < -0.39 is 0 Å². The van der Waals surface area contributed by atoms with E-state index in [0.29, 0.717) is 5.92 Å². The summed E-state index contributed by atoms with van der Waals surface area (Å²) in [5.41, 5.74) is 24.8. The van der Waals surface area contributed by atoms with Crippen LogP contribution in [-0.4, -0.2) is 22.2 Å². The number of nitrogens with one attached hydrogen (secondary N) is 1. The van der Waals surface area contributed by atoms with Crippen molar-refractivity contribution in [1.82, 2.24) is 14.5 Å². The molecule has 3 aliphatic carbocycles. The first-order valence-electron chi connectivity index (χ1n) is 31.3. The second kappa shape index (κ2) is 26.1. The molecule has 6 heteroatoms. The summed E-state index contributed by atoms with van der Waals surface area (Å²) in [4.78, 5) is 0. The molecule has 3 nitrogen and oxygen atoms in total. The summed E-state index contributed by atoms with van der Waals surface area (Å²) in [5.74, 6) is 1.27. The first-order valence-corrected chi connectivity index (χ1v) is 33.9. The van der Waals surface area contributed by atoms with Crippen LogP contribution < -0.4 is 5.32 Å². The molecule has 1 N–H and O–H groups in total. The molecule has 17 rings (SSSR count). The SMILES string of the molecule is Brc1cccc(-n2c3ccccc3c3ccc(-c4ccc5c(c4)c4ccccc4n5-c4ccccc4)cc32)c1.Brc1cccc(I)c1.CC[C@@H]1CCCC[C@H]1NC.c1ccc(C2c3ccccc3-c3cc(-c4ccc5c(c4)Cc4ccccc4-5)ccc32)cc1. The Kier molecular flexibility index (Phi) is 17.2. The number of hydrogen-bond acceptors (Lipinski definition) is 1. The molecule has 2 heterocycles. The van der Waals surface area contributed by atoms with Crippen LogP contribution in [0.1, 0.15) is 72.8 Å². The summed E-state index contributed by atoms with van der Waals surface area (Å²) in [5, 5.41) is 8.46. The lowest BCUT2D eigenvalue weighted by Crippen LogP contribution is -2.35. The largest absolute Gasteiger partial charge is 0.317 e. The van der Waals surface area contributed by atoms with Gasteiger partial charge in [-0.2, -0.15) is 0 Å². The number of aromatic nitrogens is 2. The highest BCUT2D eigenvalue weighted by Crippen LogP contribution is 2.50. The van der Waals surface area contributed by atoms with Crippen LogP contribution in [0, 0.1) is 9.49 Å². The van der Waals surface area contributed by atoms with Gasteiger partial charge in [-0.3, -0.25) is 0 Å². The van der Waals surface area contributed by atoms with Gasteiger partial charge < -0.3 is 14.5 Å². The van der Waals surface area contributed by atoms with Crippen LogP contribution in [0.4, 0.5) is 0 Å². The summed E-state index contributed by atoms with van der Waals surface area (Å²) in [6.07, 6.45) is 8.12. The number of fused-ring (bicyclic) bond motifs is 12. The molecule has 3 aliphatic rings. The lowest BCUT2D eigenvalue weighted by Gasteiger charge is -2.30.